The second kappa shape index (κ2) is 5.07. The topological polar surface area (TPSA) is 54.7 Å². The van der Waals surface area contributed by atoms with Crippen molar-refractivity contribution in [2.45, 2.75) is 26.2 Å². The second-order valence-corrected chi connectivity index (χ2v) is 5.02. The minimum Gasteiger partial charge on any atom is -0.336 e. The van der Waals surface area contributed by atoms with Gasteiger partial charge in [-0.05, 0) is 18.6 Å². The molecule has 0 aliphatic carbocycles. The van der Waals surface area contributed by atoms with Crippen molar-refractivity contribution in [1.82, 2.24) is 14.3 Å². The number of carbonyl (C=O) groups excluding carboxylic acids is 2. The Morgan fingerprint density at radius 3 is 2.75 bits per heavy atom. The fourth-order valence-electron chi connectivity index (χ4n) is 2.63. The van der Waals surface area contributed by atoms with Gasteiger partial charge in [-0.3, -0.25) is 14.0 Å². The highest BCUT2D eigenvalue weighted by atomic mass is 16.2. The lowest BCUT2D eigenvalue weighted by Gasteiger charge is -2.26. The lowest BCUT2D eigenvalue weighted by atomic mass is 10.1. The van der Waals surface area contributed by atoms with Gasteiger partial charge in [-0.25, -0.2) is 4.98 Å². The molecule has 0 N–H and O–H groups in total. The third-order valence-corrected chi connectivity index (χ3v) is 3.75. The van der Waals surface area contributed by atoms with Gasteiger partial charge in [-0.15, -0.1) is 0 Å². The van der Waals surface area contributed by atoms with Crippen LogP contribution in [0.2, 0.25) is 0 Å². The largest absolute Gasteiger partial charge is 0.336 e. The van der Waals surface area contributed by atoms with Crippen LogP contribution in [0.4, 0.5) is 0 Å². The Bertz CT molecular complexity index is 665. The van der Waals surface area contributed by atoms with Gasteiger partial charge in [0.25, 0.3) is 5.91 Å². The van der Waals surface area contributed by atoms with E-state index in [4.69, 9.17) is 0 Å². The Morgan fingerprint density at radius 2 is 2.05 bits per heavy atom. The molecule has 0 aromatic carbocycles. The molecule has 0 radical (unpaired) electrons. The van der Waals surface area contributed by atoms with E-state index >= 15 is 0 Å². The molecule has 0 bridgehead atoms. The Morgan fingerprint density at radius 1 is 1.30 bits per heavy atom. The van der Waals surface area contributed by atoms with Crippen molar-refractivity contribution in [1.29, 1.82) is 0 Å². The summed E-state index contributed by atoms with van der Waals surface area (Å²) in [7, 11) is 0. The summed E-state index contributed by atoms with van der Waals surface area (Å²) in [4.78, 5) is 30.3. The number of pyridine rings is 1. The van der Waals surface area contributed by atoms with Crippen LogP contribution < -0.4 is 0 Å². The average molecular weight is 271 g/mol. The molecule has 0 saturated carbocycles. The number of aryl methyl sites for hydroxylation is 1. The summed E-state index contributed by atoms with van der Waals surface area (Å²) in [5, 5.41) is 0. The van der Waals surface area contributed by atoms with Gasteiger partial charge in [0, 0.05) is 32.1 Å². The monoisotopic (exact) mass is 271 g/mol. The molecule has 3 heterocycles. The number of carbonyl (C=O) groups is 2. The van der Waals surface area contributed by atoms with Crippen LogP contribution in [0.3, 0.4) is 0 Å². The molecule has 1 aliphatic heterocycles. The first kappa shape index (κ1) is 12.8. The number of hydrogen-bond donors (Lipinski definition) is 0. The molecule has 104 valence electrons. The van der Waals surface area contributed by atoms with E-state index in [1.165, 1.54) is 0 Å². The van der Waals surface area contributed by atoms with Crippen molar-refractivity contribution in [2.75, 3.05) is 13.1 Å². The van der Waals surface area contributed by atoms with Crippen molar-refractivity contribution in [3.05, 3.63) is 35.8 Å². The van der Waals surface area contributed by atoms with E-state index in [2.05, 4.69) is 4.98 Å². The molecule has 20 heavy (non-hydrogen) atoms. The number of rotatable bonds is 2. The van der Waals surface area contributed by atoms with E-state index in [9.17, 15) is 9.59 Å². The van der Waals surface area contributed by atoms with Crippen LogP contribution in [-0.2, 0) is 11.2 Å². The highest BCUT2D eigenvalue weighted by Crippen LogP contribution is 2.17. The normalized spacial score (nSPS) is 15.8. The minimum atomic E-state index is -0.0203. The van der Waals surface area contributed by atoms with Crippen LogP contribution in [0.5, 0.6) is 0 Å². The summed E-state index contributed by atoms with van der Waals surface area (Å²) in [6.45, 7) is 3.03. The fourth-order valence-corrected chi connectivity index (χ4v) is 2.63. The summed E-state index contributed by atoms with van der Waals surface area (Å²) in [5.41, 5.74) is 2.25. The number of Topliss-reactive ketones (excluding diaryl/α,β-unsaturated/α-hetero) is 1. The molecule has 5 nitrogen and oxygen atoms in total. The number of fused-ring (bicyclic) bond motifs is 1. The lowest BCUT2D eigenvalue weighted by Crippen LogP contribution is -2.39. The number of amides is 1. The predicted octanol–water partition coefficient (Wildman–Crippen LogP) is 1.70. The van der Waals surface area contributed by atoms with Gasteiger partial charge in [-0.1, -0.05) is 13.0 Å². The number of aromatic nitrogens is 2. The maximum atomic E-state index is 12.7. The zero-order valence-corrected chi connectivity index (χ0v) is 11.5. The zero-order valence-electron chi connectivity index (χ0n) is 11.5. The maximum Gasteiger partial charge on any atom is 0.272 e. The molecule has 2 aromatic rings. The van der Waals surface area contributed by atoms with Gasteiger partial charge in [-0.2, -0.15) is 0 Å². The third kappa shape index (κ3) is 2.09. The van der Waals surface area contributed by atoms with E-state index in [1.54, 1.807) is 4.90 Å². The molecule has 1 saturated heterocycles. The lowest BCUT2D eigenvalue weighted by molar-refractivity contribution is -0.120. The van der Waals surface area contributed by atoms with Gasteiger partial charge in [0.15, 0.2) is 0 Å². The first-order chi connectivity index (χ1) is 9.70. The average Bonchev–Trinajstić information content (AvgIpc) is 2.85. The molecule has 0 spiro atoms. The zero-order chi connectivity index (χ0) is 14.1. The highest BCUT2D eigenvalue weighted by molar-refractivity contribution is 5.96. The summed E-state index contributed by atoms with van der Waals surface area (Å²) >= 11 is 0. The summed E-state index contributed by atoms with van der Waals surface area (Å²) in [6.07, 6.45) is 3.51. The predicted molar refractivity (Wildman–Crippen MR) is 74.7 cm³/mol. The second-order valence-electron chi connectivity index (χ2n) is 5.02. The van der Waals surface area contributed by atoms with Crippen LogP contribution in [0.25, 0.3) is 5.65 Å². The fraction of sp³-hybridized carbons (Fsp3) is 0.400. The van der Waals surface area contributed by atoms with Gasteiger partial charge < -0.3 is 4.90 Å². The molecule has 5 heteroatoms. The van der Waals surface area contributed by atoms with E-state index in [1.807, 2.05) is 35.7 Å². The standard InChI is InChI=1S/C15H17N3O2/c1-2-12-14(18-8-4-3-5-13(18)16-12)15(20)17-9-6-11(19)7-10-17/h3-5,8H,2,6-7,9-10H2,1H3. The molecule has 1 amide bonds. The van der Waals surface area contributed by atoms with E-state index in [-0.39, 0.29) is 11.7 Å². The van der Waals surface area contributed by atoms with Crippen molar-refractivity contribution in [3.8, 4) is 0 Å². The van der Waals surface area contributed by atoms with E-state index in [0.29, 0.717) is 31.6 Å². The van der Waals surface area contributed by atoms with Crippen LogP contribution in [0.15, 0.2) is 24.4 Å². The first-order valence-electron chi connectivity index (χ1n) is 6.97. The number of likely N-dealkylation sites (tertiary alicyclic amines) is 1. The SMILES string of the molecule is CCc1nc2ccccn2c1C(=O)N1CCC(=O)CC1. The molecule has 1 aliphatic rings. The number of ketones is 1. The van der Waals surface area contributed by atoms with Gasteiger partial charge in [0.2, 0.25) is 0 Å². The summed E-state index contributed by atoms with van der Waals surface area (Å²) < 4.78 is 1.84. The number of hydrogen-bond acceptors (Lipinski definition) is 3. The minimum absolute atomic E-state index is 0.0203. The first-order valence-corrected chi connectivity index (χ1v) is 6.97. The molecule has 3 rings (SSSR count). The van der Waals surface area contributed by atoms with Crippen LogP contribution in [0, 0.1) is 0 Å². The Hall–Kier alpha value is -2.17. The number of nitrogens with zero attached hydrogens (tertiary/aromatic N) is 3. The van der Waals surface area contributed by atoms with Crippen LogP contribution >= 0.6 is 0 Å². The summed E-state index contributed by atoms with van der Waals surface area (Å²) in [6, 6.07) is 5.70. The van der Waals surface area contributed by atoms with Crippen molar-refractivity contribution >= 4 is 17.3 Å². The van der Waals surface area contributed by atoms with Crippen molar-refractivity contribution in [3.63, 3.8) is 0 Å². The molecule has 1 fully saturated rings. The van der Waals surface area contributed by atoms with Gasteiger partial charge in [0.1, 0.15) is 17.1 Å². The molecular weight excluding hydrogens is 254 g/mol. The third-order valence-electron chi connectivity index (χ3n) is 3.75. The molecular formula is C15H17N3O2. The quantitative estimate of drug-likeness (QED) is 0.835. The van der Waals surface area contributed by atoms with E-state index in [0.717, 1.165) is 17.8 Å². The van der Waals surface area contributed by atoms with Crippen LogP contribution in [-0.4, -0.2) is 39.1 Å². The number of piperidine rings is 1. The molecule has 2 aromatic heterocycles. The summed E-state index contributed by atoms with van der Waals surface area (Å²) in [5.74, 6) is 0.218. The van der Waals surface area contributed by atoms with Crippen LogP contribution in [0.1, 0.15) is 35.9 Å². The van der Waals surface area contributed by atoms with E-state index < -0.39 is 0 Å². The molecule has 0 atom stereocenters. The Kier molecular flexibility index (Phi) is 3.26. The van der Waals surface area contributed by atoms with Gasteiger partial charge >= 0.3 is 0 Å². The smallest absolute Gasteiger partial charge is 0.272 e. The Balaban J connectivity index is 2.00. The van der Waals surface area contributed by atoms with Crippen molar-refractivity contribution < 1.29 is 9.59 Å². The van der Waals surface area contributed by atoms with Crippen molar-refractivity contribution in [2.24, 2.45) is 0 Å². The van der Waals surface area contributed by atoms with Gasteiger partial charge in [0.05, 0.1) is 5.69 Å². The molecule has 0 unspecified atom stereocenters. The Labute approximate surface area is 117 Å². The number of imidazole rings is 1. The maximum absolute atomic E-state index is 12.7. The highest BCUT2D eigenvalue weighted by Gasteiger charge is 2.26.